The average Bonchev–Trinajstić information content (AvgIpc) is 3.26. The first kappa shape index (κ1) is 27.6. The Hall–Kier alpha value is 0. The van der Waals surface area contributed by atoms with Crippen molar-refractivity contribution in [1.82, 2.24) is 0 Å². The van der Waals surface area contributed by atoms with Gasteiger partial charge in [0, 0.05) is 0 Å². The fourth-order valence-corrected chi connectivity index (χ4v) is 8.98. The van der Waals surface area contributed by atoms with E-state index in [-0.39, 0.29) is 0 Å². The number of hydrogen-bond donors (Lipinski definition) is 0. The minimum absolute atomic E-state index is 0.913. The zero-order valence-electron chi connectivity index (χ0n) is 24.0. The van der Waals surface area contributed by atoms with E-state index in [1.807, 2.05) is 0 Å². The van der Waals surface area contributed by atoms with Gasteiger partial charge in [-0.3, -0.25) is 0 Å². The second-order valence-electron chi connectivity index (χ2n) is 14.1. The van der Waals surface area contributed by atoms with Crippen molar-refractivity contribution in [2.24, 2.45) is 65.1 Å². The van der Waals surface area contributed by atoms with Crippen molar-refractivity contribution >= 4 is 0 Å². The van der Waals surface area contributed by atoms with Crippen molar-refractivity contribution in [2.75, 3.05) is 0 Å². The summed E-state index contributed by atoms with van der Waals surface area (Å²) in [6.45, 7) is 17.0. The van der Waals surface area contributed by atoms with Crippen LogP contribution in [0.15, 0.2) is 0 Å². The van der Waals surface area contributed by atoms with Crippen LogP contribution in [-0.4, -0.2) is 0 Å². The van der Waals surface area contributed by atoms with Gasteiger partial charge in [-0.05, 0) is 123 Å². The zero-order valence-corrected chi connectivity index (χ0v) is 24.0. The van der Waals surface area contributed by atoms with Crippen LogP contribution in [0.25, 0.3) is 0 Å². The Balaban J connectivity index is 0.000000257. The molecular formula is C33H62. The lowest BCUT2D eigenvalue weighted by molar-refractivity contribution is -0.00486. The first-order chi connectivity index (χ1) is 15.8. The van der Waals surface area contributed by atoms with Gasteiger partial charge >= 0.3 is 0 Å². The molecule has 0 aromatic rings. The molecule has 4 rings (SSSR count). The highest BCUT2D eigenvalue weighted by molar-refractivity contribution is 4.97. The quantitative estimate of drug-likeness (QED) is 0.371. The second kappa shape index (κ2) is 13.3. The maximum absolute atomic E-state index is 2.61. The lowest BCUT2D eigenvalue weighted by Crippen LogP contribution is -2.42. The van der Waals surface area contributed by atoms with Crippen LogP contribution in [0, 0.1) is 65.1 Å². The molecule has 4 aliphatic rings. The topological polar surface area (TPSA) is 0 Å². The predicted molar refractivity (Wildman–Crippen MR) is 147 cm³/mol. The van der Waals surface area contributed by atoms with Crippen molar-refractivity contribution in [3.05, 3.63) is 0 Å². The van der Waals surface area contributed by atoms with Gasteiger partial charge in [0.15, 0.2) is 0 Å². The molecule has 4 saturated carbocycles. The van der Waals surface area contributed by atoms with Gasteiger partial charge in [0.25, 0.3) is 0 Å². The van der Waals surface area contributed by atoms with E-state index in [4.69, 9.17) is 0 Å². The van der Waals surface area contributed by atoms with Crippen molar-refractivity contribution in [1.29, 1.82) is 0 Å². The molecule has 0 heterocycles. The van der Waals surface area contributed by atoms with Crippen LogP contribution in [-0.2, 0) is 0 Å². The zero-order chi connectivity index (χ0) is 24.0. The van der Waals surface area contributed by atoms with Gasteiger partial charge in [-0.15, -0.1) is 0 Å². The Bertz CT molecular complexity index is 516. The smallest absolute Gasteiger partial charge is 0.0324 e. The lowest BCUT2D eigenvalue weighted by atomic mass is 9.56. The normalized spacial score (nSPS) is 41.5. The van der Waals surface area contributed by atoms with E-state index >= 15 is 0 Å². The van der Waals surface area contributed by atoms with Gasteiger partial charge < -0.3 is 0 Å². The third-order valence-electron chi connectivity index (χ3n) is 11.3. The Morgan fingerprint density at radius 3 is 1.79 bits per heavy atom. The largest absolute Gasteiger partial charge is 0.0654 e. The van der Waals surface area contributed by atoms with Crippen LogP contribution in [0.1, 0.15) is 145 Å². The predicted octanol–water partition coefficient (Wildman–Crippen LogP) is 10.8. The molecule has 194 valence electrons. The highest BCUT2D eigenvalue weighted by atomic mass is 14.5. The van der Waals surface area contributed by atoms with Crippen LogP contribution >= 0.6 is 0 Å². The number of rotatable bonds is 6. The Morgan fingerprint density at radius 2 is 1.24 bits per heavy atom. The number of unbranched alkanes of at least 4 members (excludes halogenated alkanes) is 1. The molecule has 33 heavy (non-hydrogen) atoms. The first-order valence-electron chi connectivity index (χ1n) is 15.8. The van der Waals surface area contributed by atoms with E-state index < -0.39 is 0 Å². The summed E-state index contributed by atoms with van der Waals surface area (Å²) in [6, 6.07) is 0. The monoisotopic (exact) mass is 458 g/mol. The van der Waals surface area contributed by atoms with E-state index in [1.165, 1.54) is 57.8 Å². The van der Waals surface area contributed by atoms with Crippen LogP contribution in [0.2, 0.25) is 0 Å². The highest BCUT2D eigenvalue weighted by Crippen LogP contribution is 2.56. The molecule has 5 unspecified atom stereocenters. The summed E-state index contributed by atoms with van der Waals surface area (Å²) in [6.07, 6.45) is 22.8. The minimum atomic E-state index is 0.913. The van der Waals surface area contributed by atoms with Crippen LogP contribution in [0.4, 0.5) is 0 Å². The fraction of sp³-hybridized carbons (Fsp3) is 1.00. The fourth-order valence-electron chi connectivity index (χ4n) is 8.98. The van der Waals surface area contributed by atoms with E-state index in [0.717, 1.165) is 65.1 Å². The summed E-state index contributed by atoms with van der Waals surface area (Å²) in [5.41, 5.74) is 0. The number of hydrogen-bond acceptors (Lipinski definition) is 0. The Labute approximate surface area is 209 Å². The Kier molecular flexibility index (Phi) is 11.2. The standard InChI is InChI=1S/C23H42.C10H20/c1-5-6-9-21-17(4)15-20-8-7-10-22(20)23(21)19-13-11-18(12-14-19)16(2)3;1-8(2)10-6-4-9(3)5-7-10/h16-23H,5-15H2,1-4H3;8-10H,4-7H2,1-3H3. The molecule has 4 aliphatic carbocycles. The van der Waals surface area contributed by atoms with Crippen LogP contribution in [0.3, 0.4) is 0 Å². The van der Waals surface area contributed by atoms with E-state index in [9.17, 15) is 0 Å². The summed E-state index contributed by atoms with van der Waals surface area (Å²) in [7, 11) is 0. The van der Waals surface area contributed by atoms with Crippen LogP contribution in [0.5, 0.6) is 0 Å². The first-order valence-corrected chi connectivity index (χ1v) is 15.8. The molecule has 0 spiro atoms. The molecule has 0 aromatic carbocycles. The summed E-state index contributed by atoms with van der Waals surface area (Å²) in [5, 5.41) is 0. The molecule has 0 bridgehead atoms. The van der Waals surface area contributed by atoms with Gasteiger partial charge in [-0.1, -0.05) is 87.0 Å². The summed E-state index contributed by atoms with van der Waals surface area (Å²) < 4.78 is 0. The minimum Gasteiger partial charge on any atom is -0.0654 e. The van der Waals surface area contributed by atoms with Crippen molar-refractivity contribution < 1.29 is 0 Å². The molecule has 0 aliphatic heterocycles. The van der Waals surface area contributed by atoms with Gasteiger partial charge in [0.2, 0.25) is 0 Å². The summed E-state index contributed by atoms with van der Waals surface area (Å²) in [5.74, 6) is 11.4. The third-order valence-corrected chi connectivity index (χ3v) is 11.3. The average molecular weight is 459 g/mol. The van der Waals surface area contributed by atoms with Gasteiger partial charge in [-0.25, -0.2) is 0 Å². The molecule has 4 fully saturated rings. The molecule has 5 atom stereocenters. The molecular weight excluding hydrogens is 396 g/mol. The van der Waals surface area contributed by atoms with E-state index in [0.29, 0.717) is 0 Å². The maximum atomic E-state index is 2.61. The molecule has 0 aromatic heterocycles. The summed E-state index contributed by atoms with van der Waals surface area (Å²) >= 11 is 0. The van der Waals surface area contributed by atoms with Gasteiger partial charge in [0.05, 0.1) is 0 Å². The van der Waals surface area contributed by atoms with Crippen LogP contribution < -0.4 is 0 Å². The maximum Gasteiger partial charge on any atom is -0.0324 e. The molecule has 0 nitrogen and oxygen atoms in total. The van der Waals surface area contributed by atoms with Gasteiger partial charge in [-0.2, -0.15) is 0 Å². The van der Waals surface area contributed by atoms with E-state index in [2.05, 4.69) is 48.5 Å². The SMILES string of the molecule is CC1CCC(C(C)C)CC1.CCCCC1C(C)CC2CCCC2C1C1CCC(C(C)C)CC1. The third kappa shape index (κ3) is 7.49. The van der Waals surface area contributed by atoms with Gasteiger partial charge in [0.1, 0.15) is 0 Å². The lowest BCUT2D eigenvalue weighted by Gasteiger charge is -2.50. The second-order valence-corrected chi connectivity index (χ2v) is 14.1. The van der Waals surface area contributed by atoms with Crippen molar-refractivity contribution in [2.45, 2.75) is 145 Å². The van der Waals surface area contributed by atoms with E-state index in [1.54, 1.807) is 38.5 Å². The number of fused-ring (bicyclic) bond motifs is 1. The molecule has 0 radical (unpaired) electrons. The Morgan fingerprint density at radius 1 is 0.667 bits per heavy atom. The molecule has 0 amide bonds. The highest BCUT2D eigenvalue weighted by Gasteiger charge is 2.47. The molecule has 0 saturated heterocycles. The molecule has 0 N–H and O–H groups in total. The summed E-state index contributed by atoms with van der Waals surface area (Å²) in [4.78, 5) is 0. The van der Waals surface area contributed by atoms with Crippen molar-refractivity contribution in [3.63, 3.8) is 0 Å². The molecule has 0 heteroatoms. The van der Waals surface area contributed by atoms with Crippen molar-refractivity contribution in [3.8, 4) is 0 Å².